The minimum Gasteiger partial charge on any atom is -0.490 e. The summed E-state index contributed by atoms with van der Waals surface area (Å²) in [5.74, 6) is -1.34. The molecule has 172 valence electrons. The molecule has 1 aromatic rings. The van der Waals surface area contributed by atoms with Crippen LogP contribution in [0.5, 0.6) is 11.5 Å². The van der Waals surface area contributed by atoms with Crippen molar-refractivity contribution in [2.24, 2.45) is 0 Å². The summed E-state index contributed by atoms with van der Waals surface area (Å²) in [6.07, 6.45) is 4.46. The first-order valence-corrected chi connectivity index (χ1v) is 11.7. The number of ether oxygens (including phenoxy) is 2. The number of likely N-dealkylation sites (tertiary alicyclic amines) is 1. The van der Waals surface area contributed by atoms with Gasteiger partial charge in [0.15, 0.2) is 18.1 Å². The Kier molecular flexibility index (Phi) is 8.19. The van der Waals surface area contributed by atoms with Gasteiger partial charge < -0.3 is 19.5 Å². The van der Waals surface area contributed by atoms with Crippen LogP contribution in [0.1, 0.15) is 31.7 Å². The fourth-order valence-electron chi connectivity index (χ4n) is 3.34. The first-order valence-electron chi connectivity index (χ1n) is 10.1. The summed E-state index contributed by atoms with van der Waals surface area (Å²) < 4.78 is 11.3. The number of carboxylic acid groups (broad SMARTS) is 1. The summed E-state index contributed by atoms with van der Waals surface area (Å²) in [4.78, 5) is 51.4. The number of benzene rings is 1. The molecular formula is C21H23BrN2O7S. The Morgan fingerprint density at radius 3 is 2.50 bits per heavy atom. The number of halogens is 1. The van der Waals surface area contributed by atoms with Crippen molar-refractivity contribution in [1.29, 1.82) is 0 Å². The number of imide groups is 1. The maximum Gasteiger partial charge on any atom is 0.341 e. The highest BCUT2D eigenvalue weighted by Crippen LogP contribution is 2.38. The van der Waals surface area contributed by atoms with E-state index in [1.165, 1.54) is 6.08 Å². The number of hydrogen-bond acceptors (Lipinski definition) is 7. The molecule has 2 aliphatic heterocycles. The van der Waals surface area contributed by atoms with Crippen molar-refractivity contribution in [1.82, 2.24) is 9.80 Å². The van der Waals surface area contributed by atoms with Crippen molar-refractivity contribution in [2.75, 3.05) is 32.8 Å². The summed E-state index contributed by atoms with van der Waals surface area (Å²) in [6, 6.07) is 3.14. The second-order valence-electron chi connectivity index (χ2n) is 7.15. The zero-order chi connectivity index (χ0) is 23.3. The van der Waals surface area contributed by atoms with Crippen LogP contribution in [0.2, 0.25) is 0 Å². The molecule has 0 unspecified atom stereocenters. The fraction of sp³-hybridized carbons (Fsp3) is 0.429. The topological polar surface area (TPSA) is 113 Å². The summed E-state index contributed by atoms with van der Waals surface area (Å²) in [7, 11) is 0. The minimum absolute atomic E-state index is 0.184. The van der Waals surface area contributed by atoms with Crippen molar-refractivity contribution >= 4 is 56.8 Å². The van der Waals surface area contributed by atoms with Crippen molar-refractivity contribution in [3.05, 3.63) is 27.1 Å². The van der Waals surface area contributed by atoms with Crippen molar-refractivity contribution in [3.63, 3.8) is 0 Å². The molecule has 3 rings (SSSR count). The van der Waals surface area contributed by atoms with Gasteiger partial charge in [-0.15, -0.1) is 0 Å². The van der Waals surface area contributed by atoms with Crippen LogP contribution < -0.4 is 9.47 Å². The van der Waals surface area contributed by atoms with Crippen LogP contribution in [0.3, 0.4) is 0 Å². The molecule has 2 heterocycles. The number of carboxylic acids is 1. The van der Waals surface area contributed by atoms with Gasteiger partial charge in [0, 0.05) is 17.6 Å². The monoisotopic (exact) mass is 526 g/mol. The van der Waals surface area contributed by atoms with E-state index in [0.717, 1.165) is 35.9 Å². The summed E-state index contributed by atoms with van der Waals surface area (Å²) >= 11 is 4.15. The van der Waals surface area contributed by atoms with Crippen molar-refractivity contribution < 1.29 is 33.8 Å². The average Bonchev–Trinajstić information content (AvgIpc) is 3.02. The third kappa shape index (κ3) is 5.83. The largest absolute Gasteiger partial charge is 0.490 e. The van der Waals surface area contributed by atoms with Crippen LogP contribution >= 0.6 is 27.7 Å². The molecule has 32 heavy (non-hydrogen) atoms. The van der Waals surface area contributed by atoms with Gasteiger partial charge in [-0.1, -0.05) is 15.9 Å². The molecule has 2 aliphatic rings. The van der Waals surface area contributed by atoms with Crippen LogP contribution in [-0.4, -0.2) is 70.8 Å². The van der Waals surface area contributed by atoms with Gasteiger partial charge in [0.25, 0.3) is 11.1 Å². The average molecular weight is 527 g/mol. The Hall–Kier alpha value is -2.53. The Balaban J connectivity index is 1.79. The number of thioether (sulfide) groups is 1. The highest BCUT2D eigenvalue weighted by Gasteiger charge is 2.37. The predicted octanol–water partition coefficient (Wildman–Crippen LogP) is 3.36. The van der Waals surface area contributed by atoms with E-state index in [1.807, 2.05) is 0 Å². The third-order valence-electron chi connectivity index (χ3n) is 4.88. The van der Waals surface area contributed by atoms with Crippen LogP contribution in [0.15, 0.2) is 21.5 Å². The first kappa shape index (κ1) is 24.1. The van der Waals surface area contributed by atoms with E-state index in [0.29, 0.717) is 35.5 Å². The zero-order valence-corrected chi connectivity index (χ0v) is 19.9. The third-order valence-corrected chi connectivity index (χ3v) is 6.47. The van der Waals surface area contributed by atoms with E-state index < -0.39 is 23.7 Å². The lowest BCUT2D eigenvalue weighted by atomic mass is 10.1. The molecule has 1 aromatic carbocycles. The summed E-state index contributed by atoms with van der Waals surface area (Å²) in [5.41, 5.74) is 0.545. The molecule has 0 aliphatic carbocycles. The molecule has 2 saturated heterocycles. The maximum absolute atomic E-state index is 12.8. The normalized spacial score (nSPS) is 17.8. The van der Waals surface area contributed by atoms with Crippen LogP contribution in [0.4, 0.5) is 4.79 Å². The van der Waals surface area contributed by atoms with Crippen molar-refractivity contribution in [2.45, 2.75) is 26.2 Å². The van der Waals surface area contributed by atoms with Crippen molar-refractivity contribution in [3.8, 4) is 11.5 Å². The molecule has 2 fully saturated rings. The zero-order valence-electron chi connectivity index (χ0n) is 17.5. The van der Waals surface area contributed by atoms with Gasteiger partial charge >= 0.3 is 5.97 Å². The smallest absolute Gasteiger partial charge is 0.341 e. The molecule has 0 aromatic heterocycles. The Morgan fingerprint density at radius 1 is 1.16 bits per heavy atom. The second-order valence-corrected chi connectivity index (χ2v) is 8.99. The van der Waals surface area contributed by atoms with Gasteiger partial charge in [0.05, 0.1) is 11.5 Å². The molecule has 3 amide bonds. The summed E-state index contributed by atoms with van der Waals surface area (Å²) in [6.45, 7) is 2.58. The van der Waals surface area contributed by atoms with Gasteiger partial charge in [0.2, 0.25) is 5.91 Å². The van der Waals surface area contributed by atoms with Crippen LogP contribution in [0, 0.1) is 0 Å². The lowest BCUT2D eigenvalue weighted by Gasteiger charge is -2.27. The number of piperidine rings is 1. The van der Waals surface area contributed by atoms with Gasteiger partial charge in [0.1, 0.15) is 6.54 Å². The molecule has 0 bridgehead atoms. The van der Waals surface area contributed by atoms with Crippen LogP contribution in [-0.2, 0) is 14.4 Å². The number of carbonyl (C=O) groups is 4. The molecule has 0 spiro atoms. The second kappa shape index (κ2) is 10.9. The molecule has 9 nitrogen and oxygen atoms in total. The van der Waals surface area contributed by atoms with E-state index in [9.17, 15) is 19.2 Å². The van der Waals surface area contributed by atoms with E-state index in [4.69, 9.17) is 14.6 Å². The number of hydrogen-bond donors (Lipinski definition) is 1. The van der Waals surface area contributed by atoms with E-state index in [-0.39, 0.29) is 23.1 Å². The molecular weight excluding hydrogens is 504 g/mol. The number of aliphatic carboxylic acids is 1. The Morgan fingerprint density at radius 2 is 1.84 bits per heavy atom. The molecule has 11 heteroatoms. The standard InChI is InChI=1S/C21H23BrN2O7S/c1-2-30-15-8-13(14(22)10-16(15)31-12-19(26)27)9-17-20(28)24(21(29)32-17)11-18(25)23-6-4-3-5-7-23/h8-10H,2-7,11-12H2,1H3,(H,26,27)/b17-9-. The quantitative estimate of drug-likeness (QED) is 0.513. The van der Waals surface area contributed by atoms with Gasteiger partial charge in [-0.3, -0.25) is 19.3 Å². The van der Waals surface area contributed by atoms with Crippen LogP contribution in [0.25, 0.3) is 6.08 Å². The molecule has 1 N–H and O–H groups in total. The summed E-state index contributed by atoms with van der Waals surface area (Å²) in [5, 5.41) is 8.35. The van der Waals surface area contributed by atoms with Gasteiger partial charge in [-0.25, -0.2) is 4.79 Å². The van der Waals surface area contributed by atoms with E-state index in [1.54, 1.807) is 24.0 Å². The number of carbonyl (C=O) groups excluding carboxylic acids is 3. The highest BCUT2D eigenvalue weighted by molar-refractivity contribution is 9.10. The van der Waals surface area contributed by atoms with Gasteiger partial charge in [-0.05, 0) is 61.7 Å². The highest BCUT2D eigenvalue weighted by atomic mass is 79.9. The Bertz CT molecular complexity index is 960. The number of nitrogens with zero attached hydrogens (tertiary/aromatic N) is 2. The maximum atomic E-state index is 12.8. The SMILES string of the molecule is CCOc1cc(/C=C2\SC(=O)N(CC(=O)N3CCCCC3)C2=O)c(Br)cc1OCC(=O)O. The Labute approximate surface area is 197 Å². The minimum atomic E-state index is -1.12. The number of amides is 3. The lowest BCUT2D eigenvalue weighted by molar-refractivity contribution is -0.139. The molecule has 0 atom stereocenters. The van der Waals surface area contributed by atoms with E-state index >= 15 is 0 Å². The predicted molar refractivity (Wildman–Crippen MR) is 122 cm³/mol. The van der Waals surface area contributed by atoms with Gasteiger partial charge in [-0.2, -0.15) is 0 Å². The molecule has 0 radical (unpaired) electrons. The fourth-order valence-corrected chi connectivity index (χ4v) is 4.60. The lowest BCUT2D eigenvalue weighted by Crippen LogP contribution is -2.44. The van der Waals surface area contributed by atoms with E-state index in [2.05, 4.69) is 15.9 Å². The molecule has 0 saturated carbocycles. The number of rotatable bonds is 8. The first-order chi connectivity index (χ1) is 15.3.